The van der Waals surface area contributed by atoms with Gasteiger partial charge in [0.25, 0.3) is 5.69 Å². The molecule has 2 N–H and O–H groups in total. The summed E-state index contributed by atoms with van der Waals surface area (Å²) < 4.78 is 0. The van der Waals surface area contributed by atoms with Gasteiger partial charge in [0.15, 0.2) is 0 Å². The van der Waals surface area contributed by atoms with E-state index in [1.54, 1.807) is 0 Å². The molecule has 0 aliphatic rings. The summed E-state index contributed by atoms with van der Waals surface area (Å²) in [5, 5.41) is 27.9. The zero-order valence-corrected chi connectivity index (χ0v) is 8.16. The monoisotopic (exact) mass is 235 g/mol. The Morgan fingerprint density at radius 3 is 2.29 bits per heavy atom. The molecule has 5 nitrogen and oxygen atoms in total. The van der Waals surface area contributed by atoms with Crippen LogP contribution in [0, 0.1) is 10.1 Å². The topological polar surface area (TPSA) is 83.6 Å². The standard InChI is InChI=1S/C6H4BCl2NO4/c8-4-2-5(9)6(10(13)14)1-3(4)7(11)12/h1-2,11-12H. The van der Waals surface area contributed by atoms with Crippen LogP contribution in [0.25, 0.3) is 0 Å². The van der Waals surface area contributed by atoms with Gasteiger partial charge in [-0.1, -0.05) is 23.2 Å². The van der Waals surface area contributed by atoms with Crippen LogP contribution in [0.5, 0.6) is 0 Å². The molecule has 0 aliphatic carbocycles. The Bertz CT molecular complexity index is 384. The molecule has 0 fully saturated rings. The lowest BCUT2D eigenvalue weighted by atomic mass is 9.80. The van der Waals surface area contributed by atoms with E-state index in [2.05, 4.69) is 0 Å². The van der Waals surface area contributed by atoms with E-state index < -0.39 is 17.7 Å². The molecule has 1 aromatic carbocycles. The van der Waals surface area contributed by atoms with Crippen LogP contribution in [0.15, 0.2) is 12.1 Å². The van der Waals surface area contributed by atoms with Crippen LogP contribution in [0.3, 0.4) is 0 Å². The molecular formula is C6H4BCl2NO4. The van der Waals surface area contributed by atoms with Crippen LogP contribution in [0.4, 0.5) is 5.69 Å². The van der Waals surface area contributed by atoms with E-state index in [1.165, 1.54) is 0 Å². The van der Waals surface area contributed by atoms with Gasteiger partial charge in [0.1, 0.15) is 5.02 Å². The third-order valence-corrected chi connectivity index (χ3v) is 2.17. The zero-order chi connectivity index (χ0) is 10.9. The maximum Gasteiger partial charge on any atom is 0.490 e. The number of rotatable bonds is 2. The van der Waals surface area contributed by atoms with Gasteiger partial charge in [-0.2, -0.15) is 0 Å². The van der Waals surface area contributed by atoms with Crippen molar-refractivity contribution >= 4 is 41.5 Å². The van der Waals surface area contributed by atoms with E-state index in [9.17, 15) is 10.1 Å². The molecule has 0 unspecified atom stereocenters. The first kappa shape index (κ1) is 11.3. The van der Waals surface area contributed by atoms with Crippen LogP contribution in [-0.4, -0.2) is 22.1 Å². The van der Waals surface area contributed by atoms with Gasteiger partial charge in [-0.15, -0.1) is 0 Å². The first-order chi connectivity index (χ1) is 6.43. The summed E-state index contributed by atoms with van der Waals surface area (Å²) in [7, 11) is -1.86. The normalized spacial score (nSPS) is 10.0. The summed E-state index contributed by atoms with van der Waals surface area (Å²) in [5.74, 6) is 0. The number of halogens is 2. The Morgan fingerprint density at radius 2 is 1.86 bits per heavy atom. The largest absolute Gasteiger partial charge is 0.490 e. The van der Waals surface area contributed by atoms with Gasteiger partial charge in [0.2, 0.25) is 0 Å². The Balaban J connectivity index is 3.34. The predicted octanol–water partition coefficient (Wildman–Crippen LogP) is 0.581. The fraction of sp³-hybridized carbons (Fsp3) is 0. The SMILES string of the molecule is O=[N+]([O-])c1cc(B(O)O)c(Cl)cc1Cl. The molecule has 0 aromatic heterocycles. The Labute approximate surface area is 89.2 Å². The molecule has 0 amide bonds. The van der Waals surface area contributed by atoms with E-state index in [4.69, 9.17) is 33.2 Å². The summed E-state index contributed by atoms with van der Waals surface area (Å²) >= 11 is 11.1. The van der Waals surface area contributed by atoms with Crippen molar-refractivity contribution in [3.63, 3.8) is 0 Å². The molecule has 74 valence electrons. The van der Waals surface area contributed by atoms with Gasteiger partial charge in [-0.25, -0.2) is 0 Å². The van der Waals surface area contributed by atoms with Crippen molar-refractivity contribution in [2.75, 3.05) is 0 Å². The summed E-state index contributed by atoms with van der Waals surface area (Å²) in [6.45, 7) is 0. The number of nitrogens with zero attached hydrogens (tertiary/aromatic N) is 1. The van der Waals surface area contributed by atoms with E-state index >= 15 is 0 Å². The first-order valence-corrected chi connectivity index (χ1v) is 4.18. The minimum absolute atomic E-state index is 0.0319. The number of hydrogen-bond acceptors (Lipinski definition) is 4. The molecule has 0 saturated heterocycles. The molecule has 0 aliphatic heterocycles. The van der Waals surface area contributed by atoms with Crippen molar-refractivity contribution in [2.45, 2.75) is 0 Å². The third-order valence-electron chi connectivity index (χ3n) is 1.54. The molecule has 0 heterocycles. The van der Waals surface area contributed by atoms with Gasteiger partial charge in [0.05, 0.1) is 4.92 Å². The highest BCUT2D eigenvalue weighted by atomic mass is 35.5. The van der Waals surface area contributed by atoms with Crippen molar-refractivity contribution in [1.29, 1.82) is 0 Å². The summed E-state index contributed by atoms with van der Waals surface area (Å²) in [6, 6.07) is 2.02. The van der Waals surface area contributed by atoms with Crippen molar-refractivity contribution in [3.05, 3.63) is 32.3 Å². The lowest BCUT2D eigenvalue weighted by Crippen LogP contribution is -2.31. The van der Waals surface area contributed by atoms with Gasteiger partial charge in [-0.05, 0) is 6.07 Å². The summed E-state index contributed by atoms with van der Waals surface area (Å²) in [4.78, 5) is 9.69. The molecule has 14 heavy (non-hydrogen) atoms. The average molecular weight is 236 g/mol. The van der Waals surface area contributed by atoms with Gasteiger partial charge in [-0.3, -0.25) is 10.1 Å². The van der Waals surface area contributed by atoms with Crippen molar-refractivity contribution in [3.8, 4) is 0 Å². The third kappa shape index (κ3) is 2.16. The van der Waals surface area contributed by atoms with Crippen LogP contribution in [0.2, 0.25) is 10.0 Å². The number of hydrogen-bond donors (Lipinski definition) is 2. The molecule has 8 heteroatoms. The second-order valence-electron chi connectivity index (χ2n) is 2.46. The number of nitro benzene ring substituents is 1. The molecular weight excluding hydrogens is 232 g/mol. The van der Waals surface area contributed by atoms with Crippen LogP contribution in [0.1, 0.15) is 0 Å². The molecule has 0 bridgehead atoms. The molecule has 0 saturated carbocycles. The maximum absolute atomic E-state index is 10.4. The molecule has 1 aromatic rings. The molecule has 0 spiro atoms. The highest BCUT2D eigenvalue weighted by molar-refractivity contribution is 6.63. The van der Waals surface area contributed by atoms with Crippen LogP contribution >= 0.6 is 23.2 Å². The van der Waals surface area contributed by atoms with Crippen molar-refractivity contribution in [1.82, 2.24) is 0 Å². The number of nitro groups is 1. The Morgan fingerprint density at radius 1 is 1.29 bits per heavy atom. The highest BCUT2D eigenvalue weighted by Crippen LogP contribution is 2.25. The Hall–Kier alpha value is -0.815. The van der Waals surface area contributed by atoms with Crippen molar-refractivity contribution in [2.24, 2.45) is 0 Å². The average Bonchev–Trinajstić information content (AvgIpc) is 2.02. The van der Waals surface area contributed by atoms with E-state index in [0.717, 1.165) is 12.1 Å². The molecule has 0 atom stereocenters. The smallest absolute Gasteiger partial charge is 0.423 e. The lowest BCUT2D eigenvalue weighted by molar-refractivity contribution is -0.384. The van der Waals surface area contributed by atoms with Gasteiger partial charge >= 0.3 is 7.12 Å². The summed E-state index contributed by atoms with van der Waals surface area (Å²) in [5.41, 5.74) is -0.568. The second-order valence-corrected chi connectivity index (χ2v) is 3.27. The van der Waals surface area contributed by atoms with Gasteiger partial charge < -0.3 is 10.0 Å². The lowest BCUT2D eigenvalue weighted by Gasteiger charge is -2.03. The minimum Gasteiger partial charge on any atom is -0.423 e. The molecule has 0 radical (unpaired) electrons. The second kappa shape index (κ2) is 4.14. The zero-order valence-electron chi connectivity index (χ0n) is 6.65. The van der Waals surface area contributed by atoms with Gasteiger partial charge in [0, 0.05) is 16.6 Å². The van der Waals surface area contributed by atoms with E-state index in [1.807, 2.05) is 0 Å². The fourth-order valence-corrected chi connectivity index (χ4v) is 1.44. The summed E-state index contributed by atoms with van der Waals surface area (Å²) in [6.07, 6.45) is 0. The predicted molar refractivity (Wildman–Crippen MR) is 52.9 cm³/mol. The highest BCUT2D eigenvalue weighted by Gasteiger charge is 2.22. The van der Waals surface area contributed by atoms with E-state index in [0.29, 0.717) is 0 Å². The fourth-order valence-electron chi connectivity index (χ4n) is 0.891. The van der Waals surface area contributed by atoms with Crippen LogP contribution in [-0.2, 0) is 0 Å². The first-order valence-electron chi connectivity index (χ1n) is 3.43. The van der Waals surface area contributed by atoms with Crippen molar-refractivity contribution < 1.29 is 15.0 Å². The molecule has 1 rings (SSSR count). The van der Waals surface area contributed by atoms with E-state index in [-0.39, 0.29) is 15.5 Å². The quantitative estimate of drug-likeness (QED) is 0.446. The Kier molecular flexibility index (Phi) is 3.33. The minimum atomic E-state index is -1.86. The number of benzene rings is 1. The van der Waals surface area contributed by atoms with Crippen LogP contribution < -0.4 is 5.46 Å². The maximum atomic E-state index is 10.4.